The first-order valence-electron chi connectivity index (χ1n) is 8.90. The Labute approximate surface area is 147 Å². The molecule has 0 bridgehead atoms. The summed E-state index contributed by atoms with van der Waals surface area (Å²) in [5.41, 5.74) is 1.65. The van der Waals surface area contributed by atoms with Crippen molar-refractivity contribution in [1.29, 1.82) is 0 Å². The van der Waals surface area contributed by atoms with Gasteiger partial charge in [-0.05, 0) is 38.0 Å². The van der Waals surface area contributed by atoms with Gasteiger partial charge < -0.3 is 25.4 Å². The maximum Gasteiger partial charge on any atom is 0.250 e. The van der Waals surface area contributed by atoms with Crippen LogP contribution in [-0.2, 0) is 9.53 Å². The third-order valence-electron chi connectivity index (χ3n) is 4.84. The van der Waals surface area contributed by atoms with Gasteiger partial charge in [0.25, 0.3) is 5.91 Å². The van der Waals surface area contributed by atoms with E-state index in [2.05, 4.69) is 15.5 Å². The predicted molar refractivity (Wildman–Crippen MR) is 93.0 cm³/mol. The molecule has 0 unspecified atom stereocenters. The Bertz CT molecular complexity index is 599. The standard InChI is InChI=1S/C18H26FN3O3/c1-12(21-18(24)17-11-20-6-9-25-17)15-10-13(19)2-3-16(15)22-7-4-14(23)5-8-22/h2-3,10,12,14,17,20,23H,4-9,11H2,1H3,(H,21,24)/t12-,17-/m0/s1. The highest BCUT2D eigenvalue weighted by atomic mass is 19.1. The van der Waals surface area contributed by atoms with Gasteiger partial charge in [0.05, 0.1) is 18.8 Å². The fraction of sp³-hybridized carbons (Fsp3) is 0.611. The van der Waals surface area contributed by atoms with Crippen molar-refractivity contribution in [1.82, 2.24) is 10.6 Å². The van der Waals surface area contributed by atoms with E-state index in [-0.39, 0.29) is 23.9 Å². The largest absolute Gasteiger partial charge is 0.393 e. The highest BCUT2D eigenvalue weighted by Gasteiger charge is 2.26. The number of hydrogen-bond acceptors (Lipinski definition) is 5. The van der Waals surface area contributed by atoms with Crippen molar-refractivity contribution in [2.75, 3.05) is 37.7 Å². The lowest BCUT2D eigenvalue weighted by molar-refractivity contribution is -0.134. The Hall–Kier alpha value is -1.70. The summed E-state index contributed by atoms with van der Waals surface area (Å²) in [7, 11) is 0. The number of aliphatic hydroxyl groups is 1. The lowest BCUT2D eigenvalue weighted by Crippen LogP contribution is -2.48. The molecule has 2 saturated heterocycles. The highest BCUT2D eigenvalue weighted by molar-refractivity contribution is 5.81. The van der Waals surface area contributed by atoms with Gasteiger partial charge in [0.2, 0.25) is 0 Å². The first-order chi connectivity index (χ1) is 12.0. The minimum Gasteiger partial charge on any atom is -0.393 e. The Morgan fingerprint density at radius 2 is 2.20 bits per heavy atom. The molecule has 0 saturated carbocycles. The maximum atomic E-state index is 13.8. The molecule has 2 atom stereocenters. The molecule has 0 spiro atoms. The van der Waals surface area contributed by atoms with E-state index >= 15 is 0 Å². The van der Waals surface area contributed by atoms with Crippen LogP contribution in [0.4, 0.5) is 10.1 Å². The van der Waals surface area contributed by atoms with Crippen molar-refractivity contribution in [3.05, 3.63) is 29.6 Å². The first kappa shape index (κ1) is 18.1. The molecule has 25 heavy (non-hydrogen) atoms. The average molecular weight is 351 g/mol. The van der Waals surface area contributed by atoms with Gasteiger partial charge in [0.1, 0.15) is 11.9 Å². The smallest absolute Gasteiger partial charge is 0.250 e. The van der Waals surface area contributed by atoms with Crippen LogP contribution in [0.3, 0.4) is 0 Å². The molecular weight excluding hydrogens is 325 g/mol. The fourth-order valence-corrected chi connectivity index (χ4v) is 3.38. The number of benzene rings is 1. The van der Waals surface area contributed by atoms with Crippen molar-refractivity contribution in [3.63, 3.8) is 0 Å². The molecule has 2 fully saturated rings. The molecule has 2 aliphatic rings. The highest BCUT2D eigenvalue weighted by Crippen LogP contribution is 2.29. The van der Waals surface area contributed by atoms with Crippen LogP contribution < -0.4 is 15.5 Å². The molecule has 0 aliphatic carbocycles. The molecule has 1 amide bonds. The third-order valence-corrected chi connectivity index (χ3v) is 4.84. The van der Waals surface area contributed by atoms with Crippen LogP contribution in [0, 0.1) is 5.82 Å². The molecule has 3 N–H and O–H groups in total. The van der Waals surface area contributed by atoms with E-state index in [0.29, 0.717) is 26.0 Å². The number of rotatable bonds is 4. The number of halogens is 1. The summed E-state index contributed by atoms with van der Waals surface area (Å²) < 4.78 is 19.3. The SMILES string of the molecule is C[C@H](NC(=O)[C@@H]1CNCCO1)c1cc(F)ccc1N1CCC(O)CC1. The summed E-state index contributed by atoms with van der Waals surface area (Å²) in [6.45, 7) is 5.03. The molecule has 0 radical (unpaired) electrons. The molecule has 1 aromatic carbocycles. The number of carbonyl (C=O) groups excluding carboxylic acids is 1. The Morgan fingerprint density at radius 1 is 1.44 bits per heavy atom. The predicted octanol–water partition coefficient (Wildman–Crippen LogP) is 0.952. The molecule has 138 valence electrons. The molecular formula is C18H26FN3O3. The molecule has 2 aliphatic heterocycles. The van der Waals surface area contributed by atoms with Gasteiger partial charge in [-0.1, -0.05) is 0 Å². The van der Waals surface area contributed by atoms with Crippen LogP contribution in [0.25, 0.3) is 0 Å². The summed E-state index contributed by atoms with van der Waals surface area (Å²) in [4.78, 5) is 14.5. The first-order valence-corrected chi connectivity index (χ1v) is 8.90. The molecule has 0 aromatic heterocycles. The van der Waals surface area contributed by atoms with Crippen LogP contribution >= 0.6 is 0 Å². The number of ether oxygens (including phenoxy) is 1. The van der Waals surface area contributed by atoms with E-state index in [0.717, 1.165) is 30.9 Å². The third kappa shape index (κ3) is 4.48. The number of nitrogens with one attached hydrogen (secondary N) is 2. The van der Waals surface area contributed by atoms with Crippen LogP contribution in [0.1, 0.15) is 31.4 Å². The van der Waals surface area contributed by atoms with Crippen molar-refractivity contribution >= 4 is 11.6 Å². The second-order valence-electron chi connectivity index (χ2n) is 6.72. The Kier molecular flexibility index (Phi) is 5.88. The molecule has 6 nitrogen and oxygen atoms in total. The van der Waals surface area contributed by atoms with Crippen LogP contribution in [0.15, 0.2) is 18.2 Å². The number of nitrogens with zero attached hydrogens (tertiary/aromatic N) is 1. The monoisotopic (exact) mass is 351 g/mol. The topological polar surface area (TPSA) is 73.8 Å². The summed E-state index contributed by atoms with van der Waals surface area (Å²) in [5, 5.41) is 15.8. The van der Waals surface area contributed by atoms with Crippen LogP contribution in [-0.4, -0.2) is 56.0 Å². The molecule has 1 aromatic rings. The summed E-state index contributed by atoms with van der Waals surface area (Å²) in [6.07, 6.45) is 0.602. The van der Waals surface area contributed by atoms with Gasteiger partial charge in [-0.15, -0.1) is 0 Å². The summed E-state index contributed by atoms with van der Waals surface area (Å²) in [6, 6.07) is 4.33. The fourth-order valence-electron chi connectivity index (χ4n) is 3.38. The maximum absolute atomic E-state index is 13.8. The number of anilines is 1. The summed E-state index contributed by atoms with van der Waals surface area (Å²) >= 11 is 0. The number of carbonyl (C=O) groups is 1. The normalized spacial score (nSPS) is 23.3. The number of morpholine rings is 1. The van der Waals surface area contributed by atoms with Crippen molar-refractivity contribution in [2.24, 2.45) is 0 Å². The van der Waals surface area contributed by atoms with Gasteiger partial charge in [-0.2, -0.15) is 0 Å². The van der Waals surface area contributed by atoms with E-state index in [1.165, 1.54) is 12.1 Å². The zero-order chi connectivity index (χ0) is 17.8. The number of hydrogen-bond donors (Lipinski definition) is 3. The van der Waals surface area contributed by atoms with Gasteiger partial charge in [0.15, 0.2) is 0 Å². The van der Waals surface area contributed by atoms with E-state index in [1.807, 2.05) is 6.92 Å². The second-order valence-corrected chi connectivity index (χ2v) is 6.72. The Morgan fingerprint density at radius 3 is 2.88 bits per heavy atom. The zero-order valence-corrected chi connectivity index (χ0v) is 14.5. The lowest BCUT2D eigenvalue weighted by atomic mass is 10.0. The van der Waals surface area contributed by atoms with E-state index < -0.39 is 6.10 Å². The molecule has 7 heteroatoms. The van der Waals surface area contributed by atoms with Gasteiger partial charge in [0, 0.05) is 37.4 Å². The number of aliphatic hydroxyl groups excluding tert-OH is 1. The number of piperidine rings is 1. The quantitative estimate of drug-likeness (QED) is 0.753. The van der Waals surface area contributed by atoms with Crippen LogP contribution in [0.2, 0.25) is 0 Å². The minimum absolute atomic E-state index is 0.191. The van der Waals surface area contributed by atoms with E-state index in [4.69, 9.17) is 4.74 Å². The molecule has 3 rings (SSSR count). The van der Waals surface area contributed by atoms with Crippen LogP contribution in [0.5, 0.6) is 0 Å². The van der Waals surface area contributed by atoms with Crippen molar-refractivity contribution in [3.8, 4) is 0 Å². The van der Waals surface area contributed by atoms with Gasteiger partial charge in [-0.25, -0.2) is 4.39 Å². The summed E-state index contributed by atoms with van der Waals surface area (Å²) in [5.74, 6) is -0.517. The van der Waals surface area contributed by atoms with Gasteiger partial charge >= 0.3 is 0 Å². The molecule has 2 heterocycles. The van der Waals surface area contributed by atoms with E-state index in [1.54, 1.807) is 6.07 Å². The lowest BCUT2D eigenvalue weighted by Gasteiger charge is -2.34. The average Bonchev–Trinajstić information content (AvgIpc) is 2.63. The second kappa shape index (κ2) is 8.12. The Balaban J connectivity index is 1.73. The zero-order valence-electron chi connectivity index (χ0n) is 14.5. The van der Waals surface area contributed by atoms with E-state index in [9.17, 15) is 14.3 Å². The van der Waals surface area contributed by atoms with Crippen molar-refractivity contribution in [2.45, 2.75) is 38.0 Å². The van der Waals surface area contributed by atoms with Crippen molar-refractivity contribution < 1.29 is 19.0 Å². The minimum atomic E-state index is -0.515. The number of amides is 1. The van der Waals surface area contributed by atoms with Gasteiger partial charge in [-0.3, -0.25) is 4.79 Å².